The molecule has 0 saturated heterocycles. The Balaban J connectivity index is 1.65. The topological polar surface area (TPSA) is 63.6 Å². The highest BCUT2D eigenvalue weighted by Gasteiger charge is 2.58. The Kier molecular flexibility index (Phi) is 4.09. The summed E-state index contributed by atoms with van der Waals surface area (Å²) in [5, 5.41) is 9.01. The molecule has 0 unspecified atom stereocenters. The first-order valence-electron chi connectivity index (χ1n) is 10.1. The van der Waals surface area contributed by atoms with E-state index in [4.69, 9.17) is 9.84 Å². The zero-order chi connectivity index (χ0) is 18.7. The van der Waals surface area contributed by atoms with E-state index in [1.807, 2.05) is 13.0 Å². The number of carboxylic acid groups (broad SMARTS) is 1. The number of allylic oxidation sites excluding steroid dienone is 3. The molecule has 142 valence electrons. The smallest absolute Gasteiger partial charge is 0.449 e. The summed E-state index contributed by atoms with van der Waals surface area (Å²) < 4.78 is 5.05. The number of hydrogen-bond acceptors (Lipinski definition) is 3. The molecule has 4 nitrogen and oxygen atoms in total. The van der Waals surface area contributed by atoms with Gasteiger partial charge in [-0.25, -0.2) is 4.79 Å². The molecular weight excluding hydrogens is 328 g/mol. The summed E-state index contributed by atoms with van der Waals surface area (Å²) in [6.45, 7) is 6.55. The Morgan fingerprint density at radius 2 is 1.81 bits per heavy atom. The van der Waals surface area contributed by atoms with Crippen molar-refractivity contribution in [2.24, 2.45) is 28.6 Å². The van der Waals surface area contributed by atoms with E-state index in [1.54, 1.807) is 0 Å². The number of carbonyl (C=O) groups is 2. The van der Waals surface area contributed by atoms with Crippen molar-refractivity contribution in [3.63, 3.8) is 0 Å². The van der Waals surface area contributed by atoms with Crippen molar-refractivity contribution in [2.45, 2.75) is 72.1 Å². The minimum absolute atomic E-state index is 0.0722. The molecule has 4 rings (SSSR count). The maximum absolute atomic E-state index is 11.9. The van der Waals surface area contributed by atoms with Crippen LogP contribution in [0.5, 0.6) is 0 Å². The zero-order valence-electron chi connectivity index (χ0n) is 16.1. The van der Waals surface area contributed by atoms with Crippen LogP contribution < -0.4 is 0 Å². The highest BCUT2D eigenvalue weighted by molar-refractivity contribution is 5.91. The molecule has 0 spiro atoms. The third-order valence-corrected chi connectivity index (χ3v) is 8.41. The van der Waals surface area contributed by atoms with Gasteiger partial charge in [0.05, 0.1) is 0 Å². The molecule has 0 radical (unpaired) electrons. The summed E-state index contributed by atoms with van der Waals surface area (Å²) in [5.74, 6) is 2.86. The molecular formula is C22H30O4. The van der Waals surface area contributed by atoms with Crippen molar-refractivity contribution >= 4 is 11.9 Å². The lowest BCUT2D eigenvalue weighted by Crippen LogP contribution is -2.49. The Hall–Kier alpha value is -1.58. The normalized spacial score (nSPS) is 43.7. The summed E-state index contributed by atoms with van der Waals surface area (Å²) in [5.41, 5.74) is 2.89. The van der Waals surface area contributed by atoms with Crippen molar-refractivity contribution in [1.82, 2.24) is 0 Å². The standard InChI is InChI=1S/C22H30O4/c1-13(26-20(24)25)17-6-7-18-16-5-4-14-12-15(23)8-10-21(14,2)19(16)9-11-22(17,18)3/h12,16,18-19H,4-11H2,1-3H3,(H,24,25)/t16-,18-,19-,21-,22+/m0/s1. The van der Waals surface area contributed by atoms with Gasteiger partial charge in [-0.2, -0.15) is 0 Å². The van der Waals surface area contributed by atoms with Crippen LogP contribution in [0.2, 0.25) is 0 Å². The van der Waals surface area contributed by atoms with Crippen molar-refractivity contribution < 1.29 is 19.4 Å². The molecule has 3 saturated carbocycles. The van der Waals surface area contributed by atoms with Crippen LogP contribution >= 0.6 is 0 Å². The van der Waals surface area contributed by atoms with E-state index in [9.17, 15) is 9.59 Å². The summed E-state index contributed by atoms with van der Waals surface area (Å²) in [6.07, 6.45) is 9.05. The molecule has 4 heteroatoms. The molecule has 4 aliphatic rings. The number of ether oxygens (including phenoxy) is 1. The van der Waals surface area contributed by atoms with Crippen molar-refractivity contribution in [2.75, 3.05) is 0 Å². The third-order valence-electron chi connectivity index (χ3n) is 8.41. The second-order valence-electron chi connectivity index (χ2n) is 9.37. The van der Waals surface area contributed by atoms with Gasteiger partial charge in [-0.15, -0.1) is 0 Å². The predicted molar refractivity (Wildman–Crippen MR) is 98.5 cm³/mol. The Labute approximate surface area is 155 Å². The van der Waals surface area contributed by atoms with Gasteiger partial charge in [0.15, 0.2) is 5.78 Å². The van der Waals surface area contributed by atoms with Gasteiger partial charge in [-0.3, -0.25) is 4.79 Å². The number of ketones is 1. The SMILES string of the molecule is CC(OC(=O)O)=C1CC[C@H]2[C@@H]3CCC4=CC(=O)CC[C@]4(C)[C@H]3CC[C@]12C. The maximum atomic E-state index is 11.9. The van der Waals surface area contributed by atoms with E-state index >= 15 is 0 Å². The molecule has 26 heavy (non-hydrogen) atoms. The van der Waals surface area contributed by atoms with E-state index in [2.05, 4.69) is 13.8 Å². The summed E-state index contributed by atoms with van der Waals surface area (Å²) in [4.78, 5) is 22.9. The van der Waals surface area contributed by atoms with Gasteiger partial charge >= 0.3 is 6.16 Å². The van der Waals surface area contributed by atoms with Gasteiger partial charge in [0, 0.05) is 6.42 Å². The lowest BCUT2D eigenvalue weighted by atomic mass is 9.47. The fourth-order valence-corrected chi connectivity index (χ4v) is 7.14. The van der Waals surface area contributed by atoms with Crippen LogP contribution in [0.25, 0.3) is 0 Å². The van der Waals surface area contributed by atoms with Crippen LogP contribution in [-0.2, 0) is 9.53 Å². The van der Waals surface area contributed by atoms with Crippen LogP contribution in [0.15, 0.2) is 23.0 Å². The van der Waals surface area contributed by atoms with Gasteiger partial charge in [-0.05, 0) is 92.1 Å². The molecule has 1 N–H and O–H groups in total. The Morgan fingerprint density at radius 1 is 1.08 bits per heavy atom. The maximum Gasteiger partial charge on any atom is 0.511 e. The van der Waals surface area contributed by atoms with E-state index in [0.29, 0.717) is 35.7 Å². The number of carbonyl (C=O) groups excluding carboxylic acids is 1. The minimum Gasteiger partial charge on any atom is -0.449 e. The lowest BCUT2D eigenvalue weighted by Gasteiger charge is -2.57. The quantitative estimate of drug-likeness (QED) is 0.497. The summed E-state index contributed by atoms with van der Waals surface area (Å²) >= 11 is 0. The van der Waals surface area contributed by atoms with E-state index in [-0.39, 0.29) is 10.8 Å². The largest absolute Gasteiger partial charge is 0.511 e. The highest BCUT2D eigenvalue weighted by atomic mass is 16.7. The Morgan fingerprint density at radius 3 is 2.54 bits per heavy atom. The highest BCUT2D eigenvalue weighted by Crippen LogP contribution is 2.66. The number of rotatable bonds is 1. The predicted octanol–water partition coefficient (Wildman–Crippen LogP) is 5.49. The molecule has 0 bridgehead atoms. The van der Waals surface area contributed by atoms with Crippen molar-refractivity contribution in [3.8, 4) is 0 Å². The van der Waals surface area contributed by atoms with Crippen LogP contribution in [-0.4, -0.2) is 17.0 Å². The first kappa shape index (κ1) is 17.8. The molecule has 0 aromatic carbocycles. The fraction of sp³-hybridized carbons (Fsp3) is 0.727. The van der Waals surface area contributed by atoms with Crippen LogP contribution in [0, 0.1) is 28.6 Å². The molecule has 0 amide bonds. The van der Waals surface area contributed by atoms with Crippen molar-refractivity contribution in [3.05, 3.63) is 23.0 Å². The average molecular weight is 358 g/mol. The van der Waals surface area contributed by atoms with Gasteiger partial charge in [0.2, 0.25) is 0 Å². The monoisotopic (exact) mass is 358 g/mol. The lowest BCUT2D eigenvalue weighted by molar-refractivity contribution is -0.117. The fourth-order valence-electron chi connectivity index (χ4n) is 7.14. The van der Waals surface area contributed by atoms with Gasteiger partial charge in [-0.1, -0.05) is 19.4 Å². The second kappa shape index (κ2) is 5.97. The van der Waals surface area contributed by atoms with E-state index in [0.717, 1.165) is 32.1 Å². The van der Waals surface area contributed by atoms with Gasteiger partial charge in [0.1, 0.15) is 5.76 Å². The van der Waals surface area contributed by atoms with E-state index in [1.165, 1.54) is 24.0 Å². The Bertz CT molecular complexity index is 718. The molecule has 0 heterocycles. The number of hydrogen-bond donors (Lipinski definition) is 1. The summed E-state index contributed by atoms with van der Waals surface area (Å²) in [7, 11) is 0. The van der Waals surface area contributed by atoms with Crippen LogP contribution in [0.1, 0.15) is 72.1 Å². The van der Waals surface area contributed by atoms with Crippen molar-refractivity contribution in [1.29, 1.82) is 0 Å². The number of fused-ring (bicyclic) bond motifs is 5. The average Bonchev–Trinajstić information content (AvgIpc) is 2.92. The minimum atomic E-state index is -1.21. The molecule has 4 aliphatic carbocycles. The molecule has 0 aliphatic heterocycles. The van der Waals surface area contributed by atoms with Crippen LogP contribution in [0.3, 0.4) is 0 Å². The molecule has 3 fully saturated rings. The first-order chi connectivity index (χ1) is 12.3. The molecule has 0 aromatic heterocycles. The van der Waals surface area contributed by atoms with E-state index < -0.39 is 6.16 Å². The van der Waals surface area contributed by atoms with Gasteiger partial charge in [0.25, 0.3) is 0 Å². The second-order valence-corrected chi connectivity index (χ2v) is 9.37. The molecule has 0 aromatic rings. The first-order valence-corrected chi connectivity index (χ1v) is 10.1. The van der Waals surface area contributed by atoms with Crippen LogP contribution in [0.4, 0.5) is 4.79 Å². The zero-order valence-corrected chi connectivity index (χ0v) is 16.1. The van der Waals surface area contributed by atoms with Gasteiger partial charge < -0.3 is 9.84 Å². The molecule has 5 atom stereocenters. The third kappa shape index (κ3) is 2.48. The summed E-state index contributed by atoms with van der Waals surface area (Å²) in [6, 6.07) is 0.